The van der Waals surface area contributed by atoms with E-state index >= 15 is 0 Å². The third-order valence-corrected chi connectivity index (χ3v) is 6.28. The minimum atomic E-state index is -0.689. The number of aromatic nitrogens is 1. The number of aliphatic hydroxyl groups is 1. The van der Waals surface area contributed by atoms with Crippen molar-refractivity contribution in [2.45, 2.75) is 46.3 Å². The number of rotatable bonds is 7. The highest BCUT2D eigenvalue weighted by Gasteiger charge is 2.37. The van der Waals surface area contributed by atoms with Gasteiger partial charge in [-0.1, -0.05) is 19.1 Å². The van der Waals surface area contributed by atoms with Gasteiger partial charge in [0.2, 0.25) is 5.91 Å². The van der Waals surface area contributed by atoms with Crippen LogP contribution in [0.2, 0.25) is 0 Å². The van der Waals surface area contributed by atoms with Crippen molar-refractivity contribution in [3.8, 4) is 5.75 Å². The number of carbonyl (C=O) groups is 1. The fourth-order valence-electron chi connectivity index (χ4n) is 4.51. The number of pyridine rings is 1. The molecule has 1 N–H and O–H groups in total. The van der Waals surface area contributed by atoms with E-state index in [1.54, 1.807) is 30.4 Å². The second kappa shape index (κ2) is 9.43. The van der Waals surface area contributed by atoms with Gasteiger partial charge in [-0.15, -0.1) is 6.58 Å². The number of fused-ring (bicyclic) bond motifs is 1. The lowest BCUT2D eigenvalue weighted by Crippen LogP contribution is -2.39. The van der Waals surface area contributed by atoms with Crippen molar-refractivity contribution in [1.29, 1.82) is 0 Å². The summed E-state index contributed by atoms with van der Waals surface area (Å²) in [6, 6.07) is 5.93. The van der Waals surface area contributed by atoms with E-state index in [2.05, 4.69) is 24.6 Å². The van der Waals surface area contributed by atoms with Crippen LogP contribution in [-0.2, 0) is 17.8 Å². The summed E-state index contributed by atoms with van der Waals surface area (Å²) in [7, 11) is 1.78. The molecule has 0 bridgehead atoms. The van der Waals surface area contributed by atoms with E-state index in [9.17, 15) is 9.90 Å². The molecule has 160 valence electrons. The Balaban J connectivity index is 1.86. The summed E-state index contributed by atoms with van der Waals surface area (Å²) in [6.07, 6.45) is 6.21. The Morgan fingerprint density at radius 2 is 2.23 bits per heavy atom. The van der Waals surface area contributed by atoms with Gasteiger partial charge >= 0.3 is 0 Å². The van der Waals surface area contributed by atoms with Crippen LogP contribution in [0.25, 0.3) is 0 Å². The highest BCUT2D eigenvalue weighted by molar-refractivity contribution is 5.79. The van der Waals surface area contributed by atoms with Crippen LogP contribution in [0.15, 0.2) is 43.2 Å². The Hall–Kier alpha value is -2.66. The van der Waals surface area contributed by atoms with Crippen LogP contribution in [0, 0.1) is 25.7 Å². The first-order chi connectivity index (χ1) is 14.3. The van der Waals surface area contributed by atoms with Gasteiger partial charge in [0.1, 0.15) is 12.4 Å². The number of nitrogens with zero attached hydrogens (tertiary/aromatic N) is 2. The molecule has 0 saturated heterocycles. The quantitative estimate of drug-likeness (QED) is 0.699. The Morgan fingerprint density at radius 1 is 1.47 bits per heavy atom. The molecule has 3 rings (SSSR count). The minimum absolute atomic E-state index is 0.0424. The highest BCUT2D eigenvalue weighted by Crippen LogP contribution is 2.44. The zero-order chi connectivity index (χ0) is 21.8. The number of ether oxygens (including phenoxy) is 1. The second-order valence-electron chi connectivity index (χ2n) is 8.30. The predicted octanol–water partition coefficient (Wildman–Crippen LogP) is 4.15. The summed E-state index contributed by atoms with van der Waals surface area (Å²) < 4.78 is 6.09. The number of benzene rings is 1. The molecule has 30 heavy (non-hydrogen) atoms. The molecule has 5 heteroatoms. The van der Waals surface area contributed by atoms with Gasteiger partial charge < -0.3 is 14.7 Å². The lowest BCUT2D eigenvalue weighted by molar-refractivity contribution is -0.137. The molecule has 3 atom stereocenters. The van der Waals surface area contributed by atoms with Crippen LogP contribution in [0.5, 0.6) is 5.75 Å². The number of hydrogen-bond acceptors (Lipinski definition) is 4. The van der Waals surface area contributed by atoms with E-state index in [1.165, 1.54) is 5.56 Å². The summed E-state index contributed by atoms with van der Waals surface area (Å²) in [6.45, 7) is 10.6. The van der Waals surface area contributed by atoms with Gasteiger partial charge in [0, 0.05) is 43.4 Å². The molecule has 1 aromatic heterocycles. The number of amides is 1. The number of aryl methyl sites for hydroxylation is 1. The summed E-state index contributed by atoms with van der Waals surface area (Å²) in [5.74, 6) is 0.431. The van der Waals surface area contributed by atoms with Gasteiger partial charge in [-0.05, 0) is 61.1 Å². The van der Waals surface area contributed by atoms with Crippen molar-refractivity contribution in [1.82, 2.24) is 9.88 Å². The molecule has 1 aliphatic rings. The van der Waals surface area contributed by atoms with Crippen molar-refractivity contribution < 1.29 is 14.6 Å². The average molecular weight is 409 g/mol. The molecule has 0 radical (unpaired) electrons. The maximum Gasteiger partial charge on any atom is 0.225 e. The lowest BCUT2D eigenvalue weighted by Gasteiger charge is -2.37. The first-order valence-corrected chi connectivity index (χ1v) is 10.5. The highest BCUT2D eigenvalue weighted by atomic mass is 16.5. The van der Waals surface area contributed by atoms with Gasteiger partial charge in [0.15, 0.2) is 0 Å². The Labute approximate surface area is 179 Å². The fourth-order valence-corrected chi connectivity index (χ4v) is 4.51. The van der Waals surface area contributed by atoms with Crippen LogP contribution in [0.1, 0.15) is 47.3 Å². The largest absolute Gasteiger partial charge is 0.489 e. The predicted molar refractivity (Wildman–Crippen MR) is 118 cm³/mol. The second-order valence-corrected chi connectivity index (χ2v) is 8.30. The van der Waals surface area contributed by atoms with E-state index < -0.39 is 6.10 Å². The van der Waals surface area contributed by atoms with E-state index in [4.69, 9.17) is 4.74 Å². The van der Waals surface area contributed by atoms with Crippen molar-refractivity contribution in [2.24, 2.45) is 11.8 Å². The Morgan fingerprint density at radius 3 is 2.90 bits per heavy atom. The number of carbonyl (C=O) groups excluding carboxylic acids is 1. The maximum atomic E-state index is 12.8. The molecule has 1 amide bonds. The SMILES string of the molecule is C=CCN(C)C(=O)C(C)C1CCc2c(C)cc(OCc3cccnc3)c(C)c2C1O. The van der Waals surface area contributed by atoms with Gasteiger partial charge in [-0.2, -0.15) is 0 Å². The van der Waals surface area contributed by atoms with E-state index in [-0.39, 0.29) is 17.7 Å². The third kappa shape index (κ3) is 4.41. The van der Waals surface area contributed by atoms with Crippen molar-refractivity contribution in [3.05, 3.63) is 71.1 Å². The lowest BCUT2D eigenvalue weighted by atomic mass is 9.72. The number of hydrogen-bond donors (Lipinski definition) is 1. The zero-order valence-corrected chi connectivity index (χ0v) is 18.4. The Kier molecular flexibility index (Phi) is 6.93. The molecule has 1 aliphatic carbocycles. The normalized spacial score (nSPS) is 19.0. The minimum Gasteiger partial charge on any atom is -0.489 e. The van der Waals surface area contributed by atoms with Crippen LogP contribution < -0.4 is 4.74 Å². The summed E-state index contributed by atoms with van der Waals surface area (Å²) in [5.41, 5.74) is 5.19. The van der Waals surface area contributed by atoms with Crippen LogP contribution >= 0.6 is 0 Å². The van der Waals surface area contributed by atoms with E-state index in [1.807, 2.05) is 26.0 Å². The summed E-state index contributed by atoms with van der Waals surface area (Å²) in [4.78, 5) is 18.6. The molecular formula is C25H32N2O3. The molecule has 0 fully saturated rings. The Bertz CT molecular complexity index is 910. The van der Waals surface area contributed by atoms with Crippen LogP contribution in [-0.4, -0.2) is 34.5 Å². The number of aliphatic hydroxyl groups excluding tert-OH is 1. The monoisotopic (exact) mass is 408 g/mol. The molecule has 3 unspecified atom stereocenters. The van der Waals surface area contributed by atoms with Gasteiger partial charge in [0.25, 0.3) is 0 Å². The van der Waals surface area contributed by atoms with Crippen LogP contribution in [0.3, 0.4) is 0 Å². The first-order valence-electron chi connectivity index (χ1n) is 10.5. The fraction of sp³-hybridized carbons (Fsp3) is 0.440. The van der Waals surface area contributed by atoms with Gasteiger partial charge in [-0.25, -0.2) is 0 Å². The van der Waals surface area contributed by atoms with Gasteiger partial charge in [0.05, 0.1) is 6.10 Å². The molecule has 5 nitrogen and oxygen atoms in total. The summed E-state index contributed by atoms with van der Waals surface area (Å²) in [5, 5.41) is 11.3. The van der Waals surface area contributed by atoms with E-state index in [0.29, 0.717) is 13.2 Å². The molecule has 0 aliphatic heterocycles. The molecular weight excluding hydrogens is 376 g/mol. The average Bonchev–Trinajstić information content (AvgIpc) is 2.75. The zero-order valence-electron chi connectivity index (χ0n) is 18.4. The van der Waals surface area contributed by atoms with Crippen molar-refractivity contribution in [3.63, 3.8) is 0 Å². The third-order valence-electron chi connectivity index (χ3n) is 6.28. The molecule has 2 aromatic rings. The molecule has 1 heterocycles. The van der Waals surface area contributed by atoms with Crippen molar-refractivity contribution >= 4 is 5.91 Å². The number of likely N-dealkylation sites (N-methyl/N-ethyl adjacent to an activating group) is 1. The van der Waals surface area contributed by atoms with Crippen LogP contribution in [0.4, 0.5) is 0 Å². The molecule has 0 saturated carbocycles. The van der Waals surface area contributed by atoms with Crippen molar-refractivity contribution in [2.75, 3.05) is 13.6 Å². The maximum absolute atomic E-state index is 12.8. The topological polar surface area (TPSA) is 62.7 Å². The first kappa shape index (κ1) is 22.0. The standard InChI is InChI=1S/C25H32N2O3/c1-6-12-27(5)25(29)17(3)21-10-9-20-16(2)13-22(18(4)23(20)24(21)28)30-15-19-8-7-11-26-14-19/h6-8,11,13-14,17,21,24,28H,1,9-10,12,15H2,2-5H3. The molecule has 0 spiro atoms. The summed E-state index contributed by atoms with van der Waals surface area (Å²) >= 11 is 0. The van der Waals surface area contributed by atoms with Gasteiger partial charge in [-0.3, -0.25) is 9.78 Å². The smallest absolute Gasteiger partial charge is 0.225 e. The molecule has 1 aromatic carbocycles. The van der Waals surface area contributed by atoms with E-state index in [0.717, 1.165) is 40.8 Å².